The Kier molecular flexibility index (Phi) is 12.9. The summed E-state index contributed by atoms with van der Waals surface area (Å²) in [5.41, 5.74) is 1.37. The fourth-order valence-corrected chi connectivity index (χ4v) is 7.57. The second kappa shape index (κ2) is 15.8. The molecular formula is C39H58O10. The molecule has 2 aromatic rings. The third-order valence-electron chi connectivity index (χ3n) is 10.6. The molecule has 1 N–H and O–H groups in total. The molecule has 0 aliphatic carbocycles. The van der Waals surface area contributed by atoms with Gasteiger partial charge in [0.2, 0.25) is 0 Å². The molecule has 1 aliphatic rings. The summed E-state index contributed by atoms with van der Waals surface area (Å²) in [5, 5.41) is 12.6. The zero-order valence-electron chi connectivity index (χ0n) is 31.9. The number of esters is 2. The quantitative estimate of drug-likeness (QED) is 0.231. The van der Waals surface area contributed by atoms with Crippen LogP contribution in [0.1, 0.15) is 145 Å². The topological polar surface area (TPSA) is 142 Å². The average molecular weight is 687 g/mol. The molecule has 0 radical (unpaired) electrons. The van der Waals surface area contributed by atoms with Crippen LogP contribution in [0.5, 0.6) is 0 Å². The number of ether oxygens (including phenoxy) is 3. The van der Waals surface area contributed by atoms with E-state index >= 15 is 0 Å². The molecule has 0 aromatic carbocycles. The number of rotatable bonds is 12. The Morgan fingerprint density at radius 2 is 1.41 bits per heavy atom. The van der Waals surface area contributed by atoms with Gasteiger partial charge in [0, 0.05) is 59.8 Å². The Hall–Kier alpha value is -3.24. The van der Waals surface area contributed by atoms with E-state index in [-0.39, 0.29) is 23.2 Å². The lowest BCUT2D eigenvalue weighted by Gasteiger charge is -2.52. The van der Waals surface area contributed by atoms with E-state index in [9.17, 15) is 24.3 Å². The van der Waals surface area contributed by atoms with E-state index in [1.807, 2.05) is 48.5 Å². The predicted octanol–water partition coefficient (Wildman–Crippen LogP) is 7.06. The third-order valence-corrected chi connectivity index (χ3v) is 10.6. The minimum atomic E-state index is -1.95. The maximum absolute atomic E-state index is 13.7. The van der Waals surface area contributed by atoms with Gasteiger partial charge >= 0.3 is 11.9 Å². The highest BCUT2D eigenvalue weighted by Crippen LogP contribution is 2.49. The maximum Gasteiger partial charge on any atom is 0.306 e. The molecule has 1 aliphatic heterocycles. The summed E-state index contributed by atoms with van der Waals surface area (Å²) >= 11 is 0. The van der Waals surface area contributed by atoms with Crippen LogP contribution in [0, 0.1) is 45.4 Å². The molecule has 0 amide bonds. The average Bonchev–Trinajstić information content (AvgIpc) is 3.04. The molecule has 3 heterocycles. The van der Waals surface area contributed by atoms with Crippen molar-refractivity contribution in [2.24, 2.45) is 17.8 Å². The van der Waals surface area contributed by atoms with Crippen LogP contribution in [0.2, 0.25) is 0 Å². The lowest BCUT2D eigenvalue weighted by Crippen LogP contribution is -2.61. The first-order chi connectivity index (χ1) is 22.7. The van der Waals surface area contributed by atoms with Gasteiger partial charge in [-0.25, -0.2) is 0 Å². The fourth-order valence-electron chi connectivity index (χ4n) is 7.57. The van der Waals surface area contributed by atoms with Gasteiger partial charge in [-0.1, -0.05) is 62.3 Å². The van der Waals surface area contributed by atoms with Crippen LogP contribution < -0.4 is 10.9 Å². The molecule has 9 atom stereocenters. The molecule has 0 saturated carbocycles. The first kappa shape index (κ1) is 40.2. The highest BCUT2D eigenvalue weighted by atomic mass is 16.6. The lowest BCUT2D eigenvalue weighted by molar-refractivity contribution is -0.331. The van der Waals surface area contributed by atoms with E-state index in [0.717, 1.165) is 0 Å². The van der Waals surface area contributed by atoms with E-state index in [1.165, 1.54) is 6.92 Å². The van der Waals surface area contributed by atoms with Gasteiger partial charge in [-0.3, -0.25) is 19.2 Å². The summed E-state index contributed by atoms with van der Waals surface area (Å²) < 4.78 is 31.3. The van der Waals surface area contributed by atoms with Crippen LogP contribution in [-0.4, -0.2) is 41.1 Å². The minimum Gasteiger partial charge on any atom is -0.465 e. The zero-order chi connectivity index (χ0) is 37.3. The first-order valence-corrected chi connectivity index (χ1v) is 17.8. The number of hydrogen-bond acceptors (Lipinski definition) is 10. The second-order valence-electron chi connectivity index (χ2n) is 14.6. The molecule has 2 aromatic heterocycles. The number of aryl methyl sites for hydroxylation is 1. The van der Waals surface area contributed by atoms with Gasteiger partial charge < -0.3 is 28.2 Å². The van der Waals surface area contributed by atoms with Crippen molar-refractivity contribution < 1.29 is 37.7 Å². The molecule has 1 saturated heterocycles. The van der Waals surface area contributed by atoms with Crippen LogP contribution in [0.3, 0.4) is 0 Å². The molecule has 3 rings (SSSR count). The summed E-state index contributed by atoms with van der Waals surface area (Å²) in [6.07, 6.45) is -0.881. The normalized spacial score (nSPS) is 25.1. The van der Waals surface area contributed by atoms with Crippen LogP contribution in [0.4, 0.5) is 0 Å². The van der Waals surface area contributed by atoms with Gasteiger partial charge in [-0.05, 0) is 40.0 Å². The van der Waals surface area contributed by atoms with E-state index in [2.05, 4.69) is 0 Å². The first-order valence-electron chi connectivity index (χ1n) is 17.8. The number of hydrogen-bond donors (Lipinski definition) is 1. The number of carbonyl (C=O) groups excluding carboxylic acids is 2. The van der Waals surface area contributed by atoms with E-state index < -0.39 is 65.6 Å². The zero-order valence-corrected chi connectivity index (χ0v) is 31.9. The van der Waals surface area contributed by atoms with Crippen LogP contribution in [0.15, 0.2) is 18.4 Å². The summed E-state index contributed by atoms with van der Waals surface area (Å²) in [6, 6.07) is 0. The monoisotopic (exact) mass is 686 g/mol. The summed E-state index contributed by atoms with van der Waals surface area (Å²) in [4.78, 5) is 52.0. The van der Waals surface area contributed by atoms with E-state index in [0.29, 0.717) is 58.1 Å². The molecule has 49 heavy (non-hydrogen) atoms. The maximum atomic E-state index is 13.7. The van der Waals surface area contributed by atoms with E-state index in [4.69, 9.17) is 23.0 Å². The van der Waals surface area contributed by atoms with Gasteiger partial charge in [-0.15, -0.1) is 0 Å². The highest BCUT2D eigenvalue weighted by molar-refractivity contribution is 5.70. The van der Waals surface area contributed by atoms with Crippen molar-refractivity contribution in [2.45, 2.75) is 158 Å². The van der Waals surface area contributed by atoms with Crippen molar-refractivity contribution in [2.75, 3.05) is 0 Å². The van der Waals surface area contributed by atoms with Crippen molar-refractivity contribution in [3.63, 3.8) is 0 Å². The number of carbonyl (C=O) groups is 2. The Morgan fingerprint density at radius 1 is 0.857 bits per heavy atom. The standard InChI is InChI=1S/C39H58O10/c1-15-29-19(5)32(42)23(9)37(46-29)26(12)39(44)27(13)38(47-31(41)17-18(3)4)25(11)36(49-39)24(10)35-22(8)33(43)21(7)34(48-35)20(6)30(16-2)45-28(14)40/h18,20,24-27,30,36,38,44H,15-17H2,1-14H3. The Labute approximate surface area is 290 Å². The van der Waals surface area contributed by atoms with Crippen molar-refractivity contribution >= 4 is 11.9 Å². The smallest absolute Gasteiger partial charge is 0.306 e. The molecule has 9 unspecified atom stereocenters. The Bertz CT molecular complexity index is 1630. The molecule has 0 spiro atoms. The molecule has 1 fully saturated rings. The van der Waals surface area contributed by atoms with Crippen LogP contribution in [-0.2, 0) is 30.2 Å². The fraction of sp³-hybridized carbons (Fsp3) is 0.692. The molecule has 10 nitrogen and oxygen atoms in total. The highest BCUT2D eigenvalue weighted by Gasteiger charge is 2.57. The molecular weight excluding hydrogens is 628 g/mol. The van der Waals surface area contributed by atoms with Crippen molar-refractivity contribution in [3.8, 4) is 0 Å². The Balaban J connectivity index is 2.22. The lowest BCUT2D eigenvalue weighted by atomic mass is 9.72. The van der Waals surface area contributed by atoms with E-state index in [1.54, 1.807) is 41.5 Å². The molecule has 0 bridgehead atoms. The van der Waals surface area contributed by atoms with Crippen molar-refractivity contribution in [3.05, 3.63) is 65.7 Å². The molecule has 274 valence electrons. The summed E-state index contributed by atoms with van der Waals surface area (Å²) in [5.74, 6) is -4.12. The van der Waals surface area contributed by atoms with Gasteiger partial charge in [-0.2, -0.15) is 0 Å². The van der Waals surface area contributed by atoms with Crippen LogP contribution >= 0.6 is 0 Å². The molecule has 10 heteroatoms. The van der Waals surface area contributed by atoms with Crippen molar-refractivity contribution in [1.82, 2.24) is 0 Å². The minimum absolute atomic E-state index is 0.0613. The van der Waals surface area contributed by atoms with Gasteiger partial charge in [0.1, 0.15) is 35.2 Å². The Morgan fingerprint density at radius 3 is 1.94 bits per heavy atom. The summed E-state index contributed by atoms with van der Waals surface area (Å²) in [6.45, 7) is 25.0. The van der Waals surface area contributed by atoms with Gasteiger partial charge in [0.25, 0.3) is 0 Å². The predicted molar refractivity (Wildman–Crippen MR) is 187 cm³/mol. The summed E-state index contributed by atoms with van der Waals surface area (Å²) in [7, 11) is 0. The number of aliphatic hydroxyl groups is 1. The van der Waals surface area contributed by atoms with Gasteiger partial charge in [0.05, 0.1) is 17.9 Å². The SMILES string of the molecule is CCc1oc(C(C)C2(O)OC(C(C)c3oc(C(C)C(CC)OC(C)=O)c(C)c(=O)c3C)C(C)C(OC(=O)CC(C)C)C2C)c(C)c(=O)c1C. The van der Waals surface area contributed by atoms with Crippen molar-refractivity contribution in [1.29, 1.82) is 0 Å². The van der Waals surface area contributed by atoms with Gasteiger partial charge in [0.15, 0.2) is 16.6 Å². The third kappa shape index (κ3) is 7.90. The second-order valence-corrected chi connectivity index (χ2v) is 14.6. The largest absolute Gasteiger partial charge is 0.465 e. The van der Waals surface area contributed by atoms with Crippen LogP contribution in [0.25, 0.3) is 0 Å².